The van der Waals surface area contributed by atoms with Gasteiger partial charge >= 0.3 is 5.97 Å². The summed E-state index contributed by atoms with van der Waals surface area (Å²) in [6.45, 7) is 0.434. The molecule has 2 aromatic rings. The summed E-state index contributed by atoms with van der Waals surface area (Å²) in [4.78, 5) is 11.4. The molecule has 3 nitrogen and oxygen atoms in total. The summed E-state index contributed by atoms with van der Waals surface area (Å²) >= 11 is 9.30. The van der Waals surface area contributed by atoms with Crippen LogP contribution in [-0.2, 0) is 11.3 Å². The van der Waals surface area contributed by atoms with E-state index in [1.807, 2.05) is 24.3 Å². The van der Waals surface area contributed by atoms with Gasteiger partial charge in [0.1, 0.15) is 6.04 Å². The maximum absolute atomic E-state index is 11.4. The van der Waals surface area contributed by atoms with Crippen molar-refractivity contribution in [1.82, 2.24) is 5.32 Å². The maximum atomic E-state index is 11.4. The highest BCUT2D eigenvalue weighted by Crippen LogP contribution is 2.22. The standard InChI is InChI=1S/C15H13BrClNO2/c16-13-8-12(17)7-6-11(13)9-18-14(15(19)20)10-4-2-1-3-5-10/h1-8,14,18H,9H2,(H,19,20). The third-order valence-corrected chi connectivity index (χ3v) is 3.86. The van der Waals surface area contributed by atoms with Gasteiger partial charge in [-0.15, -0.1) is 0 Å². The third-order valence-electron chi connectivity index (χ3n) is 2.89. The fourth-order valence-corrected chi connectivity index (χ4v) is 2.69. The van der Waals surface area contributed by atoms with Crippen molar-refractivity contribution in [2.45, 2.75) is 12.6 Å². The Morgan fingerprint density at radius 1 is 1.25 bits per heavy atom. The van der Waals surface area contributed by atoms with E-state index in [2.05, 4.69) is 21.2 Å². The van der Waals surface area contributed by atoms with E-state index in [0.29, 0.717) is 11.6 Å². The SMILES string of the molecule is O=C(O)C(NCc1ccc(Cl)cc1Br)c1ccccc1. The molecule has 0 spiro atoms. The second-order valence-corrected chi connectivity index (χ2v) is 5.59. The van der Waals surface area contributed by atoms with Crippen molar-refractivity contribution in [3.63, 3.8) is 0 Å². The van der Waals surface area contributed by atoms with Crippen LogP contribution in [0.25, 0.3) is 0 Å². The molecule has 0 saturated heterocycles. The van der Waals surface area contributed by atoms with Crippen molar-refractivity contribution >= 4 is 33.5 Å². The van der Waals surface area contributed by atoms with Gasteiger partial charge in [0.2, 0.25) is 0 Å². The second kappa shape index (κ2) is 6.88. The number of rotatable bonds is 5. The Hall–Kier alpha value is -1.36. The molecule has 2 rings (SSSR count). The molecule has 0 amide bonds. The lowest BCUT2D eigenvalue weighted by atomic mass is 10.1. The molecule has 0 fully saturated rings. The van der Waals surface area contributed by atoms with Crippen LogP contribution >= 0.6 is 27.5 Å². The molecule has 0 radical (unpaired) electrons. The number of halogens is 2. The molecule has 0 saturated carbocycles. The number of hydrogen-bond donors (Lipinski definition) is 2. The molecule has 1 unspecified atom stereocenters. The molecule has 1 atom stereocenters. The summed E-state index contributed by atoms with van der Waals surface area (Å²) in [6, 6.07) is 13.8. The van der Waals surface area contributed by atoms with Crippen LogP contribution in [0.2, 0.25) is 5.02 Å². The van der Waals surface area contributed by atoms with Gasteiger partial charge in [-0.2, -0.15) is 0 Å². The van der Waals surface area contributed by atoms with Gasteiger partial charge in [0.15, 0.2) is 0 Å². The molecule has 0 aliphatic heterocycles. The van der Waals surface area contributed by atoms with E-state index in [9.17, 15) is 9.90 Å². The Bertz CT molecular complexity index is 604. The zero-order valence-corrected chi connectivity index (χ0v) is 12.9. The van der Waals surface area contributed by atoms with Crippen LogP contribution in [0, 0.1) is 0 Å². The van der Waals surface area contributed by atoms with Gasteiger partial charge in [-0.05, 0) is 23.3 Å². The van der Waals surface area contributed by atoms with E-state index >= 15 is 0 Å². The zero-order valence-electron chi connectivity index (χ0n) is 10.5. The molecule has 0 heterocycles. The van der Waals surface area contributed by atoms with Crippen molar-refractivity contribution in [3.05, 3.63) is 69.2 Å². The van der Waals surface area contributed by atoms with E-state index in [0.717, 1.165) is 15.6 Å². The number of carboxylic acids is 1. The minimum Gasteiger partial charge on any atom is -0.480 e. The number of nitrogens with one attached hydrogen (secondary N) is 1. The smallest absolute Gasteiger partial charge is 0.325 e. The monoisotopic (exact) mass is 353 g/mol. The van der Waals surface area contributed by atoms with Gasteiger partial charge in [-0.25, -0.2) is 0 Å². The van der Waals surface area contributed by atoms with E-state index in [4.69, 9.17) is 11.6 Å². The van der Waals surface area contributed by atoms with Crippen LogP contribution in [0.3, 0.4) is 0 Å². The molecule has 0 aromatic heterocycles. The first kappa shape index (κ1) is 15.0. The minimum absolute atomic E-state index is 0.434. The first-order valence-corrected chi connectivity index (χ1v) is 7.20. The summed E-state index contributed by atoms with van der Waals surface area (Å²) < 4.78 is 0.856. The second-order valence-electron chi connectivity index (χ2n) is 4.30. The quantitative estimate of drug-likeness (QED) is 0.852. The fourth-order valence-electron chi connectivity index (χ4n) is 1.87. The summed E-state index contributed by atoms with van der Waals surface area (Å²) in [7, 11) is 0. The molecule has 2 aromatic carbocycles. The van der Waals surface area contributed by atoms with Crippen LogP contribution in [0.4, 0.5) is 0 Å². The van der Waals surface area contributed by atoms with Crippen molar-refractivity contribution in [1.29, 1.82) is 0 Å². The van der Waals surface area contributed by atoms with Crippen LogP contribution in [0.5, 0.6) is 0 Å². The van der Waals surface area contributed by atoms with Gasteiger partial charge < -0.3 is 5.11 Å². The van der Waals surface area contributed by atoms with E-state index in [1.165, 1.54) is 0 Å². The first-order chi connectivity index (χ1) is 9.58. The Morgan fingerprint density at radius 3 is 2.55 bits per heavy atom. The van der Waals surface area contributed by atoms with Crippen LogP contribution in [0.1, 0.15) is 17.2 Å². The number of aliphatic carboxylic acids is 1. The van der Waals surface area contributed by atoms with Crippen molar-refractivity contribution in [3.8, 4) is 0 Å². The molecule has 0 aliphatic carbocycles. The Labute approximate surface area is 130 Å². The number of hydrogen-bond acceptors (Lipinski definition) is 2. The molecule has 104 valence electrons. The highest BCUT2D eigenvalue weighted by molar-refractivity contribution is 9.10. The molecule has 5 heteroatoms. The Morgan fingerprint density at radius 2 is 1.95 bits per heavy atom. The highest BCUT2D eigenvalue weighted by atomic mass is 79.9. The molecule has 0 bridgehead atoms. The minimum atomic E-state index is -0.902. The van der Waals surface area contributed by atoms with Gasteiger partial charge in [0.05, 0.1) is 0 Å². The number of benzene rings is 2. The summed E-state index contributed by atoms with van der Waals surface area (Å²) in [5, 5.41) is 13.0. The van der Waals surface area contributed by atoms with Crippen molar-refractivity contribution in [2.75, 3.05) is 0 Å². The lowest BCUT2D eigenvalue weighted by Gasteiger charge is -2.15. The zero-order chi connectivity index (χ0) is 14.5. The van der Waals surface area contributed by atoms with Gasteiger partial charge in [0, 0.05) is 16.0 Å². The predicted octanol–water partition coefficient (Wildman–Crippen LogP) is 4.02. The van der Waals surface area contributed by atoms with Gasteiger partial charge in [-0.1, -0.05) is 63.9 Å². The van der Waals surface area contributed by atoms with E-state index < -0.39 is 12.0 Å². The van der Waals surface area contributed by atoms with Gasteiger partial charge in [-0.3, -0.25) is 10.1 Å². The van der Waals surface area contributed by atoms with Crippen molar-refractivity contribution < 1.29 is 9.90 Å². The van der Waals surface area contributed by atoms with Crippen LogP contribution in [-0.4, -0.2) is 11.1 Å². The molecule has 0 aliphatic rings. The molecule has 2 N–H and O–H groups in total. The highest BCUT2D eigenvalue weighted by Gasteiger charge is 2.18. The summed E-state index contributed by atoms with van der Waals surface area (Å²) in [5.74, 6) is -0.902. The average Bonchev–Trinajstić information content (AvgIpc) is 2.42. The number of carbonyl (C=O) groups is 1. The molecule has 20 heavy (non-hydrogen) atoms. The fraction of sp³-hybridized carbons (Fsp3) is 0.133. The molecular formula is C15H13BrClNO2. The Balaban J connectivity index is 2.12. The lowest BCUT2D eigenvalue weighted by molar-refractivity contribution is -0.139. The normalized spacial score (nSPS) is 12.1. The summed E-state index contributed by atoms with van der Waals surface area (Å²) in [5.41, 5.74) is 1.68. The van der Waals surface area contributed by atoms with Crippen LogP contribution in [0.15, 0.2) is 53.0 Å². The Kier molecular flexibility index (Phi) is 5.17. The maximum Gasteiger partial charge on any atom is 0.325 e. The van der Waals surface area contributed by atoms with E-state index in [-0.39, 0.29) is 0 Å². The van der Waals surface area contributed by atoms with Crippen LogP contribution < -0.4 is 5.32 Å². The lowest BCUT2D eigenvalue weighted by Crippen LogP contribution is -2.28. The third kappa shape index (κ3) is 3.82. The van der Waals surface area contributed by atoms with Crippen molar-refractivity contribution in [2.24, 2.45) is 0 Å². The summed E-state index contributed by atoms with van der Waals surface area (Å²) in [6.07, 6.45) is 0. The molecular weight excluding hydrogens is 342 g/mol. The number of carboxylic acid groups (broad SMARTS) is 1. The van der Waals surface area contributed by atoms with E-state index in [1.54, 1.807) is 24.3 Å². The predicted molar refractivity (Wildman–Crippen MR) is 82.8 cm³/mol. The largest absolute Gasteiger partial charge is 0.480 e. The first-order valence-electron chi connectivity index (χ1n) is 6.03. The topological polar surface area (TPSA) is 49.3 Å². The van der Waals surface area contributed by atoms with Gasteiger partial charge in [0.25, 0.3) is 0 Å². The average molecular weight is 355 g/mol.